The van der Waals surface area contributed by atoms with Crippen LogP contribution in [0.15, 0.2) is 24.3 Å². The largest absolute Gasteiger partial charge is 0.492 e. The van der Waals surface area contributed by atoms with Gasteiger partial charge in [0.1, 0.15) is 5.82 Å². The van der Waals surface area contributed by atoms with Gasteiger partial charge in [-0.25, -0.2) is 9.78 Å². The Morgan fingerprint density at radius 2 is 2.03 bits per heavy atom. The van der Waals surface area contributed by atoms with Crippen LogP contribution in [0.2, 0.25) is 0 Å². The highest BCUT2D eigenvalue weighted by Gasteiger charge is 2.32. The number of carbonyl (C=O) groups excluding carboxylic acids is 1. The molecule has 0 aliphatic carbocycles. The fraction of sp³-hybridized carbons (Fsp3) is 0.450. The predicted molar refractivity (Wildman–Crippen MR) is 110 cm³/mol. The van der Waals surface area contributed by atoms with E-state index in [9.17, 15) is 9.90 Å². The van der Waals surface area contributed by atoms with Gasteiger partial charge in [-0.2, -0.15) is 4.52 Å². The van der Waals surface area contributed by atoms with E-state index in [1.165, 1.54) is 15.9 Å². The Morgan fingerprint density at radius 3 is 2.69 bits per heavy atom. The molecule has 0 unspecified atom stereocenters. The first-order chi connectivity index (χ1) is 14.0. The molecule has 3 heterocycles. The Balaban J connectivity index is 1.67. The summed E-state index contributed by atoms with van der Waals surface area (Å²) in [4.78, 5) is 22.0. The van der Waals surface area contributed by atoms with Crippen molar-refractivity contribution in [3.8, 4) is 5.88 Å². The van der Waals surface area contributed by atoms with Crippen molar-refractivity contribution < 1.29 is 14.6 Å². The second-order valence-corrected chi connectivity index (χ2v) is 8.19. The van der Waals surface area contributed by atoms with E-state index in [2.05, 4.69) is 40.1 Å². The molecule has 1 fully saturated rings. The lowest BCUT2D eigenvalue weighted by molar-refractivity contribution is 0.0715. The van der Waals surface area contributed by atoms with E-state index < -0.39 is 0 Å². The second kappa shape index (κ2) is 8.00. The Kier molecular flexibility index (Phi) is 5.42. The molecule has 9 heteroatoms. The molecule has 154 valence electrons. The third-order valence-corrected chi connectivity index (χ3v) is 6.19. The maximum atomic E-state index is 12.1. The first kappa shape index (κ1) is 19.7. The number of rotatable bonds is 4. The van der Waals surface area contributed by atoms with Crippen LogP contribution in [0.3, 0.4) is 0 Å². The topological polar surface area (TPSA) is 83.2 Å². The number of hydrogen-bond donors (Lipinski definition) is 1. The molecule has 0 radical (unpaired) electrons. The van der Waals surface area contributed by atoms with E-state index in [-0.39, 0.29) is 18.0 Å². The number of hydrogen-bond acceptors (Lipinski definition) is 7. The van der Waals surface area contributed by atoms with Crippen molar-refractivity contribution >= 4 is 22.4 Å². The van der Waals surface area contributed by atoms with Gasteiger partial charge in [0, 0.05) is 26.2 Å². The molecule has 1 amide bonds. The fourth-order valence-electron chi connectivity index (χ4n) is 3.77. The monoisotopic (exact) mass is 415 g/mol. The first-order valence-corrected chi connectivity index (χ1v) is 10.6. The highest BCUT2D eigenvalue weighted by Crippen LogP contribution is 2.40. The van der Waals surface area contributed by atoms with Gasteiger partial charge in [-0.3, -0.25) is 4.90 Å². The number of nitrogens with zero attached hydrogens (tertiary/aromatic N) is 5. The van der Waals surface area contributed by atoms with E-state index in [0.717, 1.165) is 16.0 Å². The standard InChI is InChI=1S/C20H25N5O3S/c1-4-28-20(27)24-10-8-23(9-11-24)16(15-7-5-6-13(2)12-15)17-18(26)25-19(29-17)21-14(3)22-25/h5-7,12,16,26H,4,8-11H2,1-3H3/t16-/m1/s1. The Labute approximate surface area is 173 Å². The summed E-state index contributed by atoms with van der Waals surface area (Å²) in [5.41, 5.74) is 2.26. The number of thiazole rings is 1. The lowest BCUT2D eigenvalue weighted by Crippen LogP contribution is -2.49. The van der Waals surface area contributed by atoms with Gasteiger partial charge in [-0.15, -0.1) is 5.10 Å². The molecule has 4 rings (SSSR count). The van der Waals surface area contributed by atoms with Gasteiger partial charge >= 0.3 is 6.09 Å². The third kappa shape index (κ3) is 3.79. The maximum absolute atomic E-state index is 12.1. The number of ether oxygens (including phenoxy) is 1. The molecule has 0 saturated carbocycles. The average molecular weight is 416 g/mol. The number of amides is 1. The fourth-order valence-corrected chi connectivity index (χ4v) is 4.93. The van der Waals surface area contributed by atoms with Crippen molar-refractivity contribution in [2.45, 2.75) is 26.8 Å². The van der Waals surface area contributed by atoms with Gasteiger partial charge in [-0.05, 0) is 26.3 Å². The van der Waals surface area contributed by atoms with Crippen molar-refractivity contribution in [2.75, 3.05) is 32.8 Å². The number of benzene rings is 1. The first-order valence-electron chi connectivity index (χ1n) is 9.75. The van der Waals surface area contributed by atoms with E-state index in [0.29, 0.717) is 43.6 Å². The maximum Gasteiger partial charge on any atom is 0.409 e. The molecule has 2 aromatic heterocycles. The smallest absolute Gasteiger partial charge is 0.409 e. The molecule has 1 saturated heterocycles. The Hall–Kier alpha value is -2.65. The van der Waals surface area contributed by atoms with Gasteiger partial charge in [0.05, 0.1) is 17.5 Å². The number of aryl methyl sites for hydroxylation is 2. The van der Waals surface area contributed by atoms with Crippen molar-refractivity contribution in [3.63, 3.8) is 0 Å². The summed E-state index contributed by atoms with van der Waals surface area (Å²) in [5.74, 6) is 0.762. The zero-order chi connectivity index (χ0) is 20.5. The molecular formula is C20H25N5O3S. The molecule has 1 aromatic carbocycles. The summed E-state index contributed by atoms with van der Waals surface area (Å²) >= 11 is 1.45. The normalized spacial score (nSPS) is 16.3. The van der Waals surface area contributed by atoms with Crippen LogP contribution in [0.25, 0.3) is 4.96 Å². The zero-order valence-electron chi connectivity index (χ0n) is 16.8. The summed E-state index contributed by atoms with van der Waals surface area (Å²) in [7, 11) is 0. The quantitative estimate of drug-likeness (QED) is 0.705. The predicted octanol–water partition coefficient (Wildman–Crippen LogP) is 2.98. The molecule has 8 nitrogen and oxygen atoms in total. The summed E-state index contributed by atoms with van der Waals surface area (Å²) < 4.78 is 6.64. The van der Waals surface area contributed by atoms with E-state index in [1.807, 2.05) is 19.9 Å². The average Bonchev–Trinajstić information content (AvgIpc) is 3.20. The molecule has 1 atom stereocenters. The zero-order valence-corrected chi connectivity index (χ0v) is 17.6. The number of aromatic hydroxyl groups is 1. The highest BCUT2D eigenvalue weighted by molar-refractivity contribution is 7.17. The van der Waals surface area contributed by atoms with E-state index in [1.54, 1.807) is 4.90 Å². The van der Waals surface area contributed by atoms with Crippen LogP contribution in [0.1, 0.15) is 34.8 Å². The highest BCUT2D eigenvalue weighted by atomic mass is 32.1. The minimum Gasteiger partial charge on any atom is -0.492 e. The molecule has 1 aliphatic rings. The van der Waals surface area contributed by atoms with Crippen LogP contribution >= 0.6 is 11.3 Å². The summed E-state index contributed by atoms with van der Waals surface area (Å²) in [6.45, 7) is 8.60. The summed E-state index contributed by atoms with van der Waals surface area (Å²) in [5, 5.41) is 15.2. The summed E-state index contributed by atoms with van der Waals surface area (Å²) in [6, 6.07) is 8.18. The van der Waals surface area contributed by atoms with Crippen LogP contribution in [0, 0.1) is 13.8 Å². The molecule has 29 heavy (non-hydrogen) atoms. The van der Waals surface area contributed by atoms with Gasteiger partial charge < -0.3 is 14.7 Å². The molecule has 0 bridgehead atoms. The van der Waals surface area contributed by atoms with Crippen molar-refractivity contribution in [3.05, 3.63) is 46.1 Å². The molecule has 0 spiro atoms. The molecule has 1 N–H and O–H groups in total. The Bertz CT molecular complexity index is 1020. The third-order valence-electron chi connectivity index (χ3n) is 5.12. The van der Waals surface area contributed by atoms with E-state index in [4.69, 9.17) is 4.74 Å². The number of carbonyl (C=O) groups is 1. The number of aromatic nitrogens is 3. The number of piperazine rings is 1. The van der Waals surface area contributed by atoms with E-state index >= 15 is 0 Å². The minimum absolute atomic E-state index is 0.130. The molecular weight excluding hydrogens is 390 g/mol. The number of fused-ring (bicyclic) bond motifs is 1. The van der Waals surface area contributed by atoms with Crippen LogP contribution in [0.5, 0.6) is 5.88 Å². The lowest BCUT2D eigenvalue weighted by Gasteiger charge is -2.38. The van der Waals surface area contributed by atoms with Crippen molar-refractivity contribution in [1.82, 2.24) is 24.4 Å². The second-order valence-electron chi connectivity index (χ2n) is 7.18. The van der Waals surface area contributed by atoms with Crippen LogP contribution in [0.4, 0.5) is 4.79 Å². The van der Waals surface area contributed by atoms with Gasteiger partial charge in [0.25, 0.3) is 0 Å². The van der Waals surface area contributed by atoms with Crippen LogP contribution in [-0.4, -0.2) is 68.4 Å². The lowest BCUT2D eigenvalue weighted by atomic mass is 10.0. The minimum atomic E-state index is -0.267. The van der Waals surface area contributed by atoms with Crippen molar-refractivity contribution in [1.29, 1.82) is 0 Å². The molecule has 3 aromatic rings. The summed E-state index contributed by atoms with van der Waals surface area (Å²) in [6.07, 6.45) is -0.267. The van der Waals surface area contributed by atoms with Gasteiger partial charge in [0.2, 0.25) is 10.8 Å². The Morgan fingerprint density at radius 1 is 1.28 bits per heavy atom. The van der Waals surface area contributed by atoms with Crippen LogP contribution < -0.4 is 0 Å². The molecule has 1 aliphatic heterocycles. The van der Waals surface area contributed by atoms with Crippen LogP contribution in [-0.2, 0) is 4.74 Å². The van der Waals surface area contributed by atoms with Gasteiger partial charge in [-0.1, -0.05) is 41.2 Å². The van der Waals surface area contributed by atoms with Crippen molar-refractivity contribution in [2.24, 2.45) is 0 Å². The van der Waals surface area contributed by atoms with Gasteiger partial charge in [0.15, 0.2) is 0 Å². The SMILES string of the molecule is CCOC(=O)N1CCN([C@H](c2cccc(C)c2)c2sc3nc(C)nn3c2O)CC1.